The minimum Gasteiger partial charge on any atom is -0.464 e. The maximum atomic E-state index is 15.6. The van der Waals surface area contributed by atoms with Crippen LogP contribution in [0.1, 0.15) is 70.1 Å². The summed E-state index contributed by atoms with van der Waals surface area (Å²) in [6.07, 6.45) is -2.73. The molecule has 2 atom stereocenters. The molecule has 1 aromatic heterocycles. The number of anilines is 1. The molecule has 2 aromatic rings. The molecule has 0 radical (unpaired) electrons. The molecule has 1 fully saturated rings. The smallest absolute Gasteiger partial charge is 0.422 e. The normalized spacial score (nSPS) is 23.9. The number of aromatic nitrogens is 1. The molecule has 246 valence electrons. The van der Waals surface area contributed by atoms with Crippen molar-refractivity contribution in [3.63, 3.8) is 0 Å². The Balaban J connectivity index is 1.98. The Bertz CT molecular complexity index is 1780. The van der Waals surface area contributed by atoms with Crippen molar-refractivity contribution in [1.29, 1.82) is 5.26 Å². The van der Waals surface area contributed by atoms with Crippen LogP contribution in [0.3, 0.4) is 0 Å². The van der Waals surface area contributed by atoms with Gasteiger partial charge in [-0.2, -0.15) is 10.2 Å². The second-order valence-corrected chi connectivity index (χ2v) is 16.2. The van der Waals surface area contributed by atoms with E-state index in [2.05, 4.69) is 15.3 Å². The van der Waals surface area contributed by atoms with Gasteiger partial charge in [0.05, 0.1) is 16.9 Å². The van der Waals surface area contributed by atoms with Gasteiger partial charge in [0.15, 0.2) is 14.6 Å². The summed E-state index contributed by atoms with van der Waals surface area (Å²) in [6, 6.07) is 8.00. The highest BCUT2D eigenvalue weighted by Gasteiger charge is 2.82. The van der Waals surface area contributed by atoms with Crippen molar-refractivity contribution in [2.24, 2.45) is 15.8 Å². The van der Waals surface area contributed by atoms with Gasteiger partial charge in [0.2, 0.25) is 0 Å². The Labute approximate surface area is 266 Å². The van der Waals surface area contributed by atoms with Gasteiger partial charge in [-0.15, -0.1) is 0 Å². The van der Waals surface area contributed by atoms with Crippen molar-refractivity contribution in [2.75, 3.05) is 24.7 Å². The number of nitrogens with one attached hydrogen (secondary N) is 1. The van der Waals surface area contributed by atoms with Gasteiger partial charge >= 0.3 is 12.2 Å². The van der Waals surface area contributed by atoms with Crippen molar-refractivity contribution in [3.05, 3.63) is 59.2 Å². The van der Waals surface area contributed by atoms with Crippen LogP contribution >= 0.6 is 0 Å². The Morgan fingerprint density at radius 2 is 1.65 bits per heavy atom. The first-order valence-electron chi connectivity index (χ1n) is 14.3. The Morgan fingerprint density at radius 3 is 2.11 bits per heavy atom. The molecule has 3 heterocycles. The van der Waals surface area contributed by atoms with Crippen LogP contribution in [0.2, 0.25) is 0 Å². The van der Waals surface area contributed by atoms with E-state index in [0.29, 0.717) is 0 Å². The number of carbonyl (C=O) groups excluding carboxylic acids is 1. The van der Waals surface area contributed by atoms with Crippen LogP contribution in [-0.2, 0) is 15.4 Å². The summed E-state index contributed by atoms with van der Waals surface area (Å²) in [6.45, 7) is 11.8. The van der Waals surface area contributed by atoms with Crippen molar-refractivity contribution < 1.29 is 37.4 Å². The molecule has 2 aliphatic heterocycles. The van der Waals surface area contributed by atoms with Gasteiger partial charge < -0.3 is 15.5 Å². The maximum absolute atomic E-state index is 15.6. The second-order valence-electron chi connectivity index (χ2n) is 14.0. The van der Waals surface area contributed by atoms with Crippen molar-refractivity contribution >= 4 is 39.5 Å². The van der Waals surface area contributed by atoms with Gasteiger partial charge in [0.1, 0.15) is 29.0 Å². The lowest BCUT2D eigenvalue weighted by Crippen LogP contribution is -2.93. The lowest BCUT2D eigenvalue weighted by atomic mass is 9.48. The number of rotatable bonds is 3. The molecule has 2 aliphatic rings. The average Bonchev–Trinajstić information content (AvgIpc) is 2.89. The number of benzene rings is 1. The summed E-state index contributed by atoms with van der Waals surface area (Å²) >= 11 is 0. The van der Waals surface area contributed by atoms with Crippen LogP contribution in [0, 0.1) is 28.0 Å². The molecule has 0 saturated carbocycles. The number of amidine groups is 1. The summed E-state index contributed by atoms with van der Waals surface area (Å²) in [5.41, 5.74) is -5.24. The number of hydrogen-bond acceptors (Lipinski definition) is 9. The van der Waals surface area contributed by atoms with Crippen molar-refractivity contribution in [2.45, 2.75) is 64.3 Å². The highest BCUT2D eigenvalue weighted by Crippen LogP contribution is 2.65. The van der Waals surface area contributed by atoms with Crippen LogP contribution in [0.15, 0.2) is 41.5 Å². The van der Waals surface area contributed by atoms with Gasteiger partial charge in [-0.3, -0.25) is 14.7 Å². The van der Waals surface area contributed by atoms with Crippen LogP contribution in [-0.4, -0.2) is 87.0 Å². The number of halogens is 1. The first-order valence-corrected chi connectivity index (χ1v) is 15.9. The predicted octanol–water partition coefficient (Wildman–Crippen LogP) is 4.56. The standard InChI is InChI=1S/C31H37FN6O7S/c1-27(2,3)31(28(4,5)6)30(16-37(31)8)24(38(25(40)41)26(42)43)36-29(7,17-46(30,44)45)20-13-19(10-11-21(20)32)35-23(39)22-12-9-18(14-33)15-34-22/h9-13,15H,16-17H2,1-8H3,(H,35,39)(H,40,41)(H,42,43)/t29?,30-/m0/s1. The van der Waals surface area contributed by atoms with E-state index in [1.54, 1.807) is 53.5 Å². The highest BCUT2D eigenvalue weighted by molar-refractivity contribution is 7.94. The van der Waals surface area contributed by atoms with E-state index in [9.17, 15) is 33.0 Å². The quantitative estimate of drug-likeness (QED) is 0.422. The SMILES string of the molecule is CN1C[C@]2(C(N(C(=O)O)C(=O)O)=NC(C)(c3cc(NC(=O)c4ccc(C#N)cn4)ccc3F)CS2(=O)=O)C1(C(C)(C)C)C(C)(C)C. The molecule has 15 heteroatoms. The largest absolute Gasteiger partial charge is 0.464 e. The van der Waals surface area contributed by atoms with Gasteiger partial charge in [-0.1, -0.05) is 41.5 Å². The monoisotopic (exact) mass is 656 g/mol. The number of aliphatic imine (C=N–C) groups is 1. The maximum Gasteiger partial charge on any atom is 0.422 e. The van der Waals surface area contributed by atoms with Gasteiger partial charge in [0.25, 0.3) is 5.91 Å². The number of carbonyl (C=O) groups is 3. The fraction of sp³-hybridized carbons (Fsp3) is 0.484. The van der Waals surface area contributed by atoms with E-state index in [-0.39, 0.29) is 34.0 Å². The molecule has 1 saturated heterocycles. The molecule has 4 rings (SSSR count). The van der Waals surface area contributed by atoms with Crippen molar-refractivity contribution in [1.82, 2.24) is 14.8 Å². The van der Waals surface area contributed by atoms with E-state index in [1.807, 2.05) is 6.07 Å². The van der Waals surface area contributed by atoms with Crippen LogP contribution in [0.25, 0.3) is 0 Å². The molecule has 3 N–H and O–H groups in total. The molecular formula is C31H37FN6O7S. The van der Waals surface area contributed by atoms with Gasteiger partial charge in [-0.25, -0.2) is 27.4 Å². The van der Waals surface area contributed by atoms with E-state index < -0.39 is 72.0 Å². The molecule has 13 nitrogen and oxygen atoms in total. The minimum atomic E-state index is -4.54. The fourth-order valence-electron chi connectivity index (χ4n) is 8.25. The van der Waals surface area contributed by atoms with Crippen LogP contribution in [0.4, 0.5) is 19.7 Å². The molecule has 1 unspecified atom stereocenters. The van der Waals surface area contributed by atoms with E-state index in [0.717, 1.165) is 6.07 Å². The predicted molar refractivity (Wildman–Crippen MR) is 167 cm³/mol. The van der Waals surface area contributed by atoms with E-state index >= 15 is 4.39 Å². The minimum absolute atomic E-state index is 0.0404. The second kappa shape index (κ2) is 10.8. The van der Waals surface area contributed by atoms with Gasteiger partial charge in [-0.05, 0) is 55.1 Å². The molecule has 46 heavy (non-hydrogen) atoms. The van der Waals surface area contributed by atoms with E-state index in [1.165, 1.54) is 37.4 Å². The number of nitrogens with zero attached hydrogens (tertiary/aromatic N) is 5. The number of amides is 3. The Morgan fingerprint density at radius 1 is 1.07 bits per heavy atom. The third-order valence-corrected chi connectivity index (χ3v) is 11.6. The summed E-state index contributed by atoms with van der Waals surface area (Å²) in [5.74, 6) is -3.14. The molecule has 0 bridgehead atoms. The topological polar surface area (TPSA) is 193 Å². The fourth-order valence-corrected chi connectivity index (χ4v) is 11.5. The molecule has 3 amide bonds. The number of hydrogen-bond donors (Lipinski definition) is 3. The molecule has 1 spiro atoms. The van der Waals surface area contributed by atoms with Crippen LogP contribution in [0.5, 0.6) is 0 Å². The van der Waals surface area contributed by atoms with Crippen molar-refractivity contribution in [3.8, 4) is 6.07 Å². The third-order valence-electron chi connectivity index (χ3n) is 9.03. The molecule has 1 aromatic carbocycles. The number of sulfone groups is 1. The zero-order valence-corrected chi connectivity index (χ0v) is 27.7. The first kappa shape index (κ1) is 34.5. The summed E-state index contributed by atoms with van der Waals surface area (Å²) in [4.78, 5) is 48.2. The Kier molecular flexibility index (Phi) is 8.12. The van der Waals surface area contributed by atoms with Gasteiger partial charge in [0, 0.05) is 24.0 Å². The highest BCUT2D eigenvalue weighted by atomic mass is 32.2. The average molecular weight is 657 g/mol. The lowest BCUT2D eigenvalue weighted by Gasteiger charge is -2.75. The third kappa shape index (κ3) is 4.82. The van der Waals surface area contributed by atoms with E-state index in [4.69, 9.17) is 5.26 Å². The summed E-state index contributed by atoms with van der Waals surface area (Å²) < 4.78 is 43.2. The van der Waals surface area contributed by atoms with Crippen LogP contribution < -0.4 is 5.32 Å². The summed E-state index contributed by atoms with van der Waals surface area (Å²) in [5, 5.41) is 31.8. The number of likely N-dealkylation sites (tertiary alicyclic amines) is 1. The molecular weight excluding hydrogens is 619 g/mol. The first-order chi connectivity index (χ1) is 21.0. The number of imide groups is 1. The molecule has 0 aliphatic carbocycles. The number of nitriles is 1. The lowest BCUT2D eigenvalue weighted by molar-refractivity contribution is -0.161. The number of pyridine rings is 1. The Hall–Kier alpha value is -4.42. The zero-order valence-electron chi connectivity index (χ0n) is 26.8. The zero-order chi connectivity index (χ0) is 34.8. The summed E-state index contributed by atoms with van der Waals surface area (Å²) in [7, 11) is -2.85. The number of carboxylic acid groups (broad SMARTS) is 2.